The molecule has 3 rings (SSSR count). The van der Waals surface area contributed by atoms with Crippen molar-refractivity contribution in [3.8, 4) is 11.3 Å². The van der Waals surface area contributed by atoms with E-state index < -0.39 is 0 Å². The van der Waals surface area contributed by atoms with E-state index in [4.69, 9.17) is 5.73 Å². The lowest BCUT2D eigenvalue weighted by molar-refractivity contribution is 0.461. The maximum absolute atomic E-state index is 5.81. The normalized spacial score (nSPS) is 16.4. The number of aromatic amines is 1. The molecule has 0 aromatic carbocycles. The highest BCUT2D eigenvalue weighted by molar-refractivity contribution is 5.70. The molecule has 0 saturated heterocycles. The van der Waals surface area contributed by atoms with Gasteiger partial charge >= 0.3 is 0 Å². The average Bonchev–Trinajstić information content (AvgIpc) is 2.86. The number of aromatic nitrogens is 4. The fraction of sp³-hybridized carbons (Fsp3) is 0.462. The number of nitrogens with one attached hydrogen (secondary N) is 2. The molecule has 2 aromatic heterocycles. The van der Waals surface area contributed by atoms with Crippen molar-refractivity contribution in [3.63, 3.8) is 0 Å². The average molecular weight is 258 g/mol. The van der Waals surface area contributed by atoms with Crippen molar-refractivity contribution in [2.45, 2.75) is 38.1 Å². The summed E-state index contributed by atoms with van der Waals surface area (Å²) in [6.07, 6.45) is 9.73. The first-order valence-corrected chi connectivity index (χ1v) is 6.72. The fourth-order valence-electron chi connectivity index (χ4n) is 2.51. The second kappa shape index (κ2) is 5.26. The Kier molecular flexibility index (Phi) is 3.31. The van der Waals surface area contributed by atoms with Crippen LogP contribution < -0.4 is 11.1 Å². The number of nitrogen functional groups attached to an aromatic ring is 1. The third kappa shape index (κ3) is 2.67. The third-order valence-electron chi connectivity index (χ3n) is 3.54. The highest BCUT2D eigenvalue weighted by Crippen LogP contribution is 2.23. The smallest absolute Gasteiger partial charge is 0.223 e. The standard InChI is InChI=1S/C13H18N6/c14-12-10(8-16-19-12)11-6-7-15-13(18-11)17-9-4-2-1-3-5-9/h6-9H,1-5H2,(H3,14,16,19)(H,15,17,18). The largest absolute Gasteiger partial charge is 0.384 e. The van der Waals surface area contributed by atoms with Gasteiger partial charge in [0.05, 0.1) is 17.5 Å². The van der Waals surface area contributed by atoms with Gasteiger partial charge in [-0.05, 0) is 18.9 Å². The van der Waals surface area contributed by atoms with Gasteiger partial charge in [0.15, 0.2) is 0 Å². The Bertz CT molecular complexity index is 544. The van der Waals surface area contributed by atoms with Crippen molar-refractivity contribution in [1.29, 1.82) is 0 Å². The van der Waals surface area contributed by atoms with Gasteiger partial charge in [-0.25, -0.2) is 9.97 Å². The van der Waals surface area contributed by atoms with Crippen LogP contribution in [-0.2, 0) is 0 Å². The quantitative estimate of drug-likeness (QED) is 0.784. The molecule has 19 heavy (non-hydrogen) atoms. The van der Waals surface area contributed by atoms with Crippen molar-refractivity contribution in [2.75, 3.05) is 11.1 Å². The summed E-state index contributed by atoms with van der Waals surface area (Å²) in [5.41, 5.74) is 7.41. The van der Waals surface area contributed by atoms with Crippen LogP contribution in [0.25, 0.3) is 11.3 Å². The van der Waals surface area contributed by atoms with Gasteiger partial charge in [0, 0.05) is 12.2 Å². The third-order valence-corrected chi connectivity index (χ3v) is 3.54. The summed E-state index contributed by atoms with van der Waals surface area (Å²) in [4.78, 5) is 8.79. The first-order valence-electron chi connectivity index (χ1n) is 6.72. The van der Waals surface area contributed by atoms with Crippen LogP contribution in [0.2, 0.25) is 0 Å². The predicted molar refractivity (Wildman–Crippen MR) is 74.5 cm³/mol. The molecule has 1 fully saturated rings. The van der Waals surface area contributed by atoms with Crippen molar-refractivity contribution in [2.24, 2.45) is 0 Å². The number of nitrogens with zero attached hydrogens (tertiary/aromatic N) is 3. The minimum Gasteiger partial charge on any atom is -0.384 e. The summed E-state index contributed by atoms with van der Waals surface area (Å²) in [5.74, 6) is 1.20. The van der Waals surface area contributed by atoms with Gasteiger partial charge in [0.25, 0.3) is 0 Å². The monoisotopic (exact) mass is 258 g/mol. The Labute approximate surface area is 111 Å². The van der Waals surface area contributed by atoms with E-state index in [9.17, 15) is 0 Å². The Balaban J connectivity index is 1.78. The summed E-state index contributed by atoms with van der Waals surface area (Å²) in [5, 5.41) is 10.0. The second-order valence-corrected chi connectivity index (χ2v) is 4.94. The second-order valence-electron chi connectivity index (χ2n) is 4.94. The summed E-state index contributed by atoms with van der Waals surface area (Å²) >= 11 is 0. The van der Waals surface area contributed by atoms with Gasteiger partial charge < -0.3 is 11.1 Å². The molecule has 0 radical (unpaired) electrons. The molecule has 1 saturated carbocycles. The molecule has 0 aliphatic heterocycles. The van der Waals surface area contributed by atoms with E-state index in [1.54, 1.807) is 12.4 Å². The SMILES string of the molecule is Nc1[nH]ncc1-c1ccnc(NC2CCCCC2)n1. The summed E-state index contributed by atoms with van der Waals surface area (Å²) in [7, 11) is 0. The van der Waals surface area contributed by atoms with E-state index in [0.717, 1.165) is 11.3 Å². The van der Waals surface area contributed by atoms with E-state index in [-0.39, 0.29) is 0 Å². The molecule has 0 bridgehead atoms. The molecule has 0 amide bonds. The van der Waals surface area contributed by atoms with Crippen molar-refractivity contribution >= 4 is 11.8 Å². The zero-order valence-corrected chi connectivity index (χ0v) is 10.8. The molecule has 0 spiro atoms. The molecule has 1 aliphatic rings. The Morgan fingerprint density at radius 2 is 2.11 bits per heavy atom. The molecule has 6 nitrogen and oxygen atoms in total. The van der Waals surface area contributed by atoms with E-state index >= 15 is 0 Å². The molecule has 2 aromatic rings. The van der Waals surface area contributed by atoms with Gasteiger partial charge in [0.2, 0.25) is 5.95 Å². The van der Waals surface area contributed by atoms with Crippen LogP contribution in [0, 0.1) is 0 Å². The minimum absolute atomic E-state index is 0.491. The van der Waals surface area contributed by atoms with Crippen LogP contribution in [0.1, 0.15) is 32.1 Å². The maximum Gasteiger partial charge on any atom is 0.223 e. The van der Waals surface area contributed by atoms with E-state index in [1.807, 2.05) is 6.07 Å². The van der Waals surface area contributed by atoms with Crippen LogP contribution in [0.5, 0.6) is 0 Å². The predicted octanol–water partition coefficient (Wildman–Crippen LogP) is 2.19. The van der Waals surface area contributed by atoms with Crippen molar-refractivity contribution in [1.82, 2.24) is 20.2 Å². The molecular formula is C13H18N6. The topological polar surface area (TPSA) is 92.5 Å². The summed E-state index contributed by atoms with van der Waals surface area (Å²) in [6.45, 7) is 0. The van der Waals surface area contributed by atoms with Crippen molar-refractivity contribution < 1.29 is 0 Å². The summed E-state index contributed by atoms with van der Waals surface area (Å²) < 4.78 is 0. The number of rotatable bonds is 3. The molecular weight excluding hydrogens is 240 g/mol. The van der Waals surface area contributed by atoms with Crippen LogP contribution in [0.15, 0.2) is 18.5 Å². The van der Waals surface area contributed by atoms with Gasteiger partial charge in [0.1, 0.15) is 5.82 Å². The molecule has 6 heteroatoms. The molecule has 2 heterocycles. The first kappa shape index (κ1) is 12.0. The maximum atomic E-state index is 5.81. The lowest BCUT2D eigenvalue weighted by Crippen LogP contribution is -2.23. The van der Waals surface area contributed by atoms with Gasteiger partial charge in [-0.15, -0.1) is 0 Å². The number of nitrogens with two attached hydrogens (primary N) is 1. The molecule has 0 unspecified atom stereocenters. The Morgan fingerprint density at radius 3 is 2.84 bits per heavy atom. The molecule has 0 atom stereocenters. The zero-order chi connectivity index (χ0) is 13.1. The lowest BCUT2D eigenvalue weighted by Gasteiger charge is -2.22. The van der Waals surface area contributed by atoms with Crippen LogP contribution in [0.3, 0.4) is 0 Å². The lowest BCUT2D eigenvalue weighted by atomic mass is 9.96. The first-order chi connectivity index (χ1) is 9.33. The van der Waals surface area contributed by atoms with Crippen LogP contribution >= 0.6 is 0 Å². The van der Waals surface area contributed by atoms with Gasteiger partial charge in [-0.2, -0.15) is 5.10 Å². The van der Waals surface area contributed by atoms with Crippen LogP contribution in [0.4, 0.5) is 11.8 Å². The van der Waals surface area contributed by atoms with Gasteiger partial charge in [-0.3, -0.25) is 5.10 Å². The highest BCUT2D eigenvalue weighted by Gasteiger charge is 2.14. The zero-order valence-electron chi connectivity index (χ0n) is 10.8. The summed E-state index contributed by atoms with van der Waals surface area (Å²) in [6, 6.07) is 2.33. The number of hydrogen-bond donors (Lipinski definition) is 3. The molecule has 1 aliphatic carbocycles. The number of H-pyrrole nitrogens is 1. The minimum atomic E-state index is 0.491. The Morgan fingerprint density at radius 1 is 1.26 bits per heavy atom. The fourth-order valence-corrected chi connectivity index (χ4v) is 2.51. The van der Waals surface area contributed by atoms with E-state index in [2.05, 4.69) is 25.5 Å². The molecule has 100 valence electrons. The Hall–Kier alpha value is -2.11. The van der Waals surface area contributed by atoms with E-state index in [1.165, 1.54) is 32.1 Å². The van der Waals surface area contributed by atoms with Gasteiger partial charge in [-0.1, -0.05) is 19.3 Å². The number of anilines is 2. The highest BCUT2D eigenvalue weighted by atomic mass is 15.2. The van der Waals surface area contributed by atoms with E-state index in [0.29, 0.717) is 17.8 Å². The number of hydrogen-bond acceptors (Lipinski definition) is 5. The van der Waals surface area contributed by atoms with Crippen molar-refractivity contribution in [3.05, 3.63) is 18.5 Å². The molecule has 4 N–H and O–H groups in total. The van der Waals surface area contributed by atoms with Crippen LogP contribution in [-0.4, -0.2) is 26.2 Å².